The minimum absolute atomic E-state index is 0.00996. The van der Waals surface area contributed by atoms with Crippen molar-refractivity contribution in [2.75, 3.05) is 20.6 Å². The van der Waals surface area contributed by atoms with E-state index in [0.717, 1.165) is 33.8 Å². The number of fused-ring (bicyclic) bond motifs is 3. The molecule has 0 bridgehead atoms. The van der Waals surface area contributed by atoms with E-state index in [9.17, 15) is 27.6 Å². The number of imidazole rings is 1. The standard InChI is InChI=1S/C41H55N7O8S/c1-26(2)48-32-19-13-17-30(27-15-14-20-42-24-27)35(32)44-38(48)55-29-21-33-34(49)23-41(37(51)45-57(53,54)46(6)7)22-28(41)16-11-9-8-10-12-18-31(36(50)47(33)25-29)43-39(52)56-40(3,4)5/h11,13-17,19-20,24,26,28-29,31,33H,8-10,12,18,21-23,25H2,1-7H3,(H,43,52)(H,45,51)/b16-11-/t28-,29+,31-,33-,41+/m0/s1. The lowest BCUT2D eigenvalue weighted by molar-refractivity contribution is -0.140. The van der Waals surface area contributed by atoms with Gasteiger partial charge in [0.15, 0.2) is 5.78 Å². The second-order valence-electron chi connectivity index (χ2n) is 16.8. The number of ketones is 1. The van der Waals surface area contributed by atoms with Crippen molar-refractivity contribution in [2.45, 2.75) is 116 Å². The van der Waals surface area contributed by atoms with Crippen molar-refractivity contribution in [3.05, 3.63) is 54.9 Å². The highest BCUT2D eigenvalue weighted by molar-refractivity contribution is 7.87. The molecule has 1 aromatic carbocycles. The first-order valence-electron chi connectivity index (χ1n) is 19.7. The number of allylic oxidation sites excluding steroid dienone is 2. The van der Waals surface area contributed by atoms with Crippen LogP contribution in [-0.4, -0.2) is 100 Å². The van der Waals surface area contributed by atoms with Gasteiger partial charge in [0.1, 0.15) is 23.3 Å². The Morgan fingerprint density at radius 1 is 1.07 bits per heavy atom. The topological polar surface area (TPSA) is 182 Å². The molecule has 3 aromatic rings. The smallest absolute Gasteiger partial charge is 0.408 e. The third-order valence-electron chi connectivity index (χ3n) is 10.9. The van der Waals surface area contributed by atoms with E-state index in [4.69, 9.17) is 14.5 Å². The van der Waals surface area contributed by atoms with Crippen molar-refractivity contribution >= 4 is 44.9 Å². The van der Waals surface area contributed by atoms with Gasteiger partial charge in [0.25, 0.3) is 6.01 Å². The maximum Gasteiger partial charge on any atom is 0.408 e. The van der Waals surface area contributed by atoms with Gasteiger partial charge in [-0.05, 0) is 78.4 Å². The number of amides is 3. The van der Waals surface area contributed by atoms with E-state index in [0.29, 0.717) is 30.8 Å². The highest BCUT2D eigenvalue weighted by Crippen LogP contribution is 2.57. The highest BCUT2D eigenvalue weighted by Gasteiger charge is 2.61. The molecule has 2 aliphatic heterocycles. The van der Waals surface area contributed by atoms with Crippen LogP contribution in [0.15, 0.2) is 54.9 Å². The lowest BCUT2D eigenvalue weighted by Crippen LogP contribution is -2.53. The summed E-state index contributed by atoms with van der Waals surface area (Å²) in [6.07, 6.45) is 9.22. The maximum atomic E-state index is 14.6. The van der Waals surface area contributed by atoms with Crippen LogP contribution in [0.25, 0.3) is 22.2 Å². The van der Waals surface area contributed by atoms with Gasteiger partial charge in [0, 0.05) is 56.5 Å². The first kappa shape index (κ1) is 41.8. The molecule has 3 amide bonds. The number of para-hydroxylation sites is 1. The molecule has 2 N–H and O–H groups in total. The van der Waals surface area contributed by atoms with Gasteiger partial charge in [-0.1, -0.05) is 43.2 Å². The lowest BCUT2D eigenvalue weighted by atomic mass is 9.91. The van der Waals surface area contributed by atoms with Crippen molar-refractivity contribution in [2.24, 2.45) is 11.3 Å². The molecule has 57 heavy (non-hydrogen) atoms. The number of benzene rings is 1. The Hall–Kier alpha value is -4.83. The third kappa shape index (κ3) is 9.33. The average Bonchev–Trinajstić information content (AvgIpc) is 3.46. The van der Waals surface area contributed by atoms with E-state index in [2.05, 4.69) is 15.0 Å². The van der Waals surface area contributed by atoms with Crippen LogP contribution in [0.3, 0.4) is 0 Å². The van der Waals surface area contributed by atoms with Crippen LogP contribution in [0.5, 0.6) is 6.01 Å². The van der Waals surface area contributed by atoms with Crippen molar-refractivity contribution < 1.29 is 37.1 Å². The molecule has 1 saturated heterocycles. The Morgan fingerprint density at radius 2 is 1.84 bits per heavy atom. The number of rotatable bonds is 8. The summed E-state index contributed by atoms with van der Waals surface area (Å²) in [7, 11) is -1.51. The maximum absolute atomic E-state index is 14.6. The van der Waals surface area contributed by atoms with E-state index >= 15 is 0 Å². The van der Waals surface area contributed by atoms with Crippen molar-refractivity contribution in [1.29, 1.82) is 0 Å². The second kappa shape index (κ2) is 16.6. The van der Waals surface area contributed by atoms with Gasteiger partial charge in [-0.2, -0.15) is 17.7 Å². The molecule has 4 heterocycles. The van der Waals surface area contributed by atoms with Crippen LogP contribution >= 0.6 is 0 Å². The molecule has 16 heteroatoms. The zero-order valence-corrected chi connectivity index (χ0v) is 34.7. The van der Waals surface area contributed by atoms with Crippen LogP contribution in [0, 0.1) is 11.3 Å². The minimum atomic E-state index is -4.14. The molecular weight excluding hydrogens is 751 g/mol. The predicted molar refractivity (Wildman–Crippen MR) is 214 cm³/mol. The number of carbonyl (C=O) groups excluding carboxylic acids is 4. The van der Waals surface area contributed by atoms with Crippen molar-refractivity contribution in [3.63, 3.8) is 0 Å². The molecule has 3 aliphatic rings. The second-order valence-corrected chi connectivity index (χ2v) is 18.7. The number of pyridine rings is 1. The summed E-state index contributed by atoms with van der Waals surface area (Å²) < 4.78 is 42.8. The molecule has 2 aromatic heterocycles. The molecule has 2 fully saturated rings. The summed E-state index contributed by atoms with van der Waals surface area (Å²) in [5.74, 6) is -1.98. The fourth-order valence-electron chi connectivity index (χ4n) is 7.84. The van der Waals surface area contributed by atoms with Gasteiger partial charge in [0.05, 0.1) is 23.5 Å². The van der Waals surface area contributed by atoms with Gasteiger partial charge >= 0.3 is 16.3 Å². The summed E-state index contributed by atoms with van der Waals surface area (Å²) in [6, 6.07) is 7.94. The van der Waals surface area contributed by atoms with Gasteiger partial charge in [0.2, 0.25) is 11.8 Å². The molecule has 0 radical (unpaired) electrons. The Kier molecular flexibility index (Phi) is 12.1. The Labute approximate surface area is 334 Å². The first-order chi connectivity index (χ1) is 26.9. The van der Waals surface area contributed by atoms with Crippen LogP contribution < -0.4 is 14.8 Å². The summed E-state index contributed by atoms with van der Waals surface area (Å²) >= 11 is 0. The number of nitrogens with zero attached hydrogens (tertiary/aromatic N) is 5. The number of hydrogen-bond acceptors (Lipinski definition) is 10. The number of ether oxygens (including phenoxy) is 2. The third-order valence-corrected chi connectivity index (χ3v) is 12.3. The largest absolute Gasteiger partial charge is 0.459 e. The van der Waals surface area contributed by atoms with Crippen LogP contribution in [-0.2, 0) is 29.3 Å². The molecule has 5 atom stereocenters. The molecule has 1 aliphatic carbocycles. The SMILES string of the molecule is CC(C)n1c(O[C@@H]2C[C@H]3C(=O)C[C@]4(C(=O)NS(=O)(=O)N(C)C)C[C@@H]4/C=C\CCCCC[C@H](NC(=O)OC(C)(C)C)C(=O)N3C2)nc2c(-c3cccnc3)cccc21. The number of Topliss-reactive ketones (excluding diaryl/α,β-unsaturated/α-hetero) is 1. The molecular formula is C41H55N7O8S. The van der Waals surface area contributed by atoms with Gasteiger partial charge in [-0.25, -0.2) is 9.52 Å². The number of carbonyl (C=O) groups is 4. The quantitative estimate of drug-likeness (QED) is 0.283. The van der Waals surface area contributed by atoms with E-state index < -0.39 is 63.1 Å². The predicted octanol–water partition coefficient (Wildman–Crippen LogP) is 5.33. The normalized spacial score (nSPS) is 25.3. The summed E-state index contributed by atoms with van der Waals surface area (Å²) in [5.41, 5.74) is 1.20. The molecule has 0 spiro atoms. The fourth-order valence-corrected chi connectivity index (χ4v) is 8.46. The Balaban J connectivity index is 1.36. The van der Waals surface area contributed by atoms with Crippen LogP contribution in [0.1, 0.15) is 92.0 Å². The average molecular weight is 806 g/mol. The van der Waals surface area contributed by atoms with E-state index in [1.165, 1.54) is 19.0 Å². The van der Waals surface area contributed by atoms with Crippen molar-refractivity contribution in [1.82, 2.24) is 33.8 Å². The monoisotopic (exact) mass is 805 g/mol. The fraction of sp³-hybridized carbons (Fsp3) is 0.561. The Morgan fingerprint density at radius 3 is 2.53 bits per heavy atom. The van der Waals surface area contributed by atoms with Gasteiger partial charge in [-0.15, -0.1) is 0 Å². The zero-order valence-electron chi connectivity index (χ0n) is 33.9. The zero-order chi connectivity index (χ0) is 41.3. The summed E-state index contributed by atoms with van der Waals surface area (Å²) in [6.45, 7) is 9.26. The summed E-state index contributed by atoms with van der Waals surface area (Å²) in [5, 5.41) is 2.78. The molecule has 308 valence electrons. The highest BCUT2D eigenvalue weighted by atomic mass is 32.2. The first-order valence-corrected chi connectivity index (χ1v) is 21.2. The van der Waals surface area contributed by atoms with Crippen molar-refractivity contribution in [3.8, 4) is 17.1 Å². The Bertz CT molecular complexity index is 2130. The van der Waals surface area contributed by atoms with E-state index in [1.807, 2.05) is 60.9 Å². The molecule has 15 nitrogen and oxygen atoms in total. The number of hydrogen-bond donors (Lipinski definition) is 2. The van der Waals surface area contributed by atoms with Gasteiger partial charge < -0.3 is 19.7 Å². The van der Waals surface area contributed by atoms with E-state index in [1.54, 1.807) is 33.2 Å². The summed E-state index contributed by atoms with van der Waals surface area (Å²) in [4.78, 5) is 66.8. The van der Waals surface area contributed by atoms with Gasteiger partial charge in [-0.3, -0.25) is 23.9 Å². The molecule has 1 saturated carbocycles. The lowest BCUT2D eigenvalue weighted by Gasteiger charge is -2.30. The number of alkyl carbamates (subject to hydrolysis) is 1. The van der Waals surface area contributed by atoms with Crippen LogP contribution in [0.2, 0.25) is 0 Å². The molecule has 6 rings (SSSR count). The number of aromatic nitrogens is 3. The molecule has 0 unspecified atom stereocenters. The van der Waals surface area contributed by atoms with Crippen LogP contribution in [0.4, 0.5) is 4.79 Å². The number of nitrogens with one attached hydrogen (secondary N) is 2. The van der Waals surface area contributed by atoms with E-state index in [-0.39, 0.29) is 37.8 Å². The minimum Gasteiger partial charge on any atom is -0.459 e.